The number of ether oxygens (including phenoxy) is 1. The average Bonchev–Trinajstić information content (AvgIpc) is 3.07. The molecule has 2 unspecified atom stereocenters. The van der Waals surface area contributed by atoms with Crippen molar-refractivity contribution >= 4 is 23.5 Å². The topological polar surface area (TPSA) is 97.7 Å². The molecule has 0 heterocycles. The van der Waals surface area contributed by atoms with Crippen molar-refractivity contribution in [3.05, 3.63) is 0 Å². The number of hydrogen-bond donors (Lipinski definition) is 1. The molecule has 172 valence electrons. The van der Waals surface area contributed by atoms with Crippen molar-refractivity contribution in [3.63, 3.8) is 0 Å². The largest absolute Gasteiger partial charge is 0.481 e. The van der Waals surface area contributed by atoms with E-state index in [2.05, 4.69) is 13.8 Å². The Hall–Kier alpha value is -1.72. The van der Waals surface area contributed by atoms with E-state index in [0.29, 0.717) is 35.9 Å². The number of carbonyl (C=O) groups is 4. The van der Waals surface area contributed by atoms with E-state index in [4.69, 9.17) is 9.84 Å². The fraction of sp³-hybridized carbons (Fsp3) is 0.840. The lowest BCUT2D eigenvalue weighted by Gasteiger charge is -2.60. The zero-order valence-electron chi connectivity index (χ0n) is 19.0. The highest BCUT2D eigenvalue weighted by atomic mass is 16.5. The number of aliphatic carboxylic acids is 1. The standard InChI is InChI=1S/C25H36O6/c1-14(26)18-6-7-19-17-5-4-15-12-16(31-23(30)9-8-22(28)29)10-11-24(15,2)20(17)13-21(27)25(18,19)3/h15-20H,4-13H2,1-3H3,(H,28,29)/t15?,16?,17-,18+,19-,20-,24-,25+/m0/s1. The first-order valence-corrected chi connectivity index (χ1v) is 12.0. The molecule has 0 radical (unpaired) electrons. The van der Waals surface area contributed by atoms with Gasteiger partial charge in [-0.15, -0.1) is 0 Å². The Morgan fingerprint density at radius 2 is 1.77 bits per heavy atom. The minimum absolute atomic E-state index is 0.0676. The number of esters is 1. The summed E-state index contributed by atoms with van der Waals surface area (Å²) in [4.78, 5) is 48.4. The van der Waals surface area contributed by atoms with Gasteiger partial charge in [0.1, 0.15) is 17.7 Å². The van der Waals surface area contributed by atoms with E-state index in [-0.39, 0.29) is 36.1 Å². The highest BCUT2D eigenvalue weighted by Crippen LogP contribution is 2.66. The molecular formula is C25H36O6. The Bertz CT molecular complexity index is 789. The predicted octanol–water partition coefficient (Wildman–Crippen LogP) is 4.19. The highest BCUT2D eigenvalue weighted by Gasteiger charge is 2.64. The third-order valence-corrected chi connectivity index (χ3v) is 9.81. The molecule has 0 bridgehead atoms. The maximum Gasteiger partial charge on any atom is 0.306 e. The zero-order valence-corrected chi connectivity index (χ0v) is 19.0. The van der Waals surface area contributed by atoms with Crippen LogP contribution in [0.3, 0.4) is 0 Å². The van der Waals surface area contributed by atoms with Crippen LogP contribution in [-0.4, -0.2) is 34.7 Å². The normalized spacial score (nSPS) is 44.0. The molecule has 0 spiro atoms. The monoisotopic (exact) mass is 432 g/mol. The quantitative estimate of drug-likeness (QED) is 0.654. The van der Waals surface area contributed by atoms with Gasteiger partial charge in [-0.3, -0.25) is 19.2 Å². The molecule has 8 atom stereocenters. The number of hydrogen-bond acceptors (Lipinski definition) is 5. The summed E-state index contributed by atoms with van der Waals surface area (Å²) in [5, 5.41) is 8.76. The molecule has 6 nitrogen and oxygen atoms in total. The van der Waals surface area contributed by atoms with Crippen LogP contribution in [0.5, 0.6) is 0 Å². The van der Waals surface area contributed by atoms with Crippen LogP contribution in [-0.2, 0) is 23.9 Å². The lowest BCUT2D eigenvalue weighted by molar-refractivity contribution is -0.169. The SMILES string of the molecule is CC(=O)[C@H]1CC[C@H]2[C@@H]3CCC4CC(OC(=O)CCC(=O)O)CC[C@]4(C)[C@H]3CC(=O)[C@]12C. The van der Waals surface area contributed by atoms with Gasteiger partial charge in [0.15, 0.2) is 0 Å². The van der Waals surface area contributed by atoms with Gasteiger partial charge < -0.3 is 9.84 Å². The molecule has 6 heteroatoms. The molecule has 0 amide bonds. The molecule has 0 aliphatic heterocycles. The third-order valence-electron chi connectivity index (χ3n) is 9.81. The zero-order chi connectivity index (χ0) is 22.6. The molecule has 4 saturated carbocycles. The Balaban J connectivity index is 1.46. The van der Waals surface area contributed by atoms with Gasteiger partial charge in [-0.2, -0.15) is 0 Å². The second-order valence-corrected chi connectivity index (χ2v) is 11.1. The summed E-state index contributed by atoms with van der Waals surface area (Å²) in [5.74, 6) is 0.530. The van der Waals surface area contributed by atoms with Gasteiger partial charge in [0.05, 0.1) is 12.8 Å². The first-order chi connectivity index (χ1) is 14.6. The fourth-order valence-electron chi connectivity index (χ4n) is 8.14. The minimum atomic E-state index is -0.987. The van der Waals surface area contributed by atoms with Crippen LogP contribution in [0.25, 0.3) is 0 Å². The van der Waals surface area contributed by atoms with Crippen molar-refractivity contribution in [2.24, 2.45) is 40.4 Å². The van der Waals surface area contributed by atoms with E-state index in [0.717, 1.165) is 44.9 Å². The van der Waals surface area contributed by atoms with Crippen LogP contribution >= 0.6 is 0 Å². The van der Waals surface area contributed by atoms with Crippen molar-refractivity contribution < 1.29 is 29.0 Å². The fourth-order valence-corrected chi connectivity index (χ4v) is 8.14. The summed E-state index contributed by atoms with van der Waals surface area (Å²) < 4.78 is 5.61. The van der Waals surface area contributed by atoms with Gasteiger partial charge in [0, 0.05) is 17.8 Å². The molecule has 1 N–H and O–H groups in total. The maximum atomic E-state index is 13.5. The van der Waals surface area contributed by atoms with Gasteiger partial charge >= 0.3 is 11.9 Å². The Kier molecular flexibility index (Phi) is 5.80. The molecule has 4 fully saturated rings. The smallest absolute Gasteiger partial charge is 0.306 e. The Morgan fingerprint density at radius 1 is 1.03 bits per heavy atom. The van der Waals surface area contributed by atoms with Crippen molar-refractivity contribution in [3.8, 4) is 0 Å². The van der Waals surface area contributed by atoms with E-state index >= 15 is 0 Å². The van der Waals surface area contributed by atoms with E-state index in [1.807, 2.05) is 0 Å². The van der Waals surface area contributed by atoms with Gasteiger partial charge in [0.2, 0.25) is 0 Å². The average molecular weight is 433 g/mol. The molecule has 31 heavy (non-hydrogen) atoms. The molecule has 0 aromatic rings. The van der Waals surface area contributed by atoms with E-state index in [1.165, 1.54) is 0 Å². The van der Waals surface area contributed by atoms with Gasteiger partial charge in [-0.25, -0.2) is 0 Å². The third kappa shape index (κ3) is 3.64. The summed E-state index contributed by atoms with van der Waals surface area (Å²) in [6, 6.07) is 0. The van der Waals surface area contributed by atoms with E-state index < -0.39 is 17.4 Å². The summed E-state index contributed by atoms with van der Waals surface area (Å²) in [6.45, 7) is 6.05. The molecule has 4 rings (SSSR count). The molecule has 0 saturated heterocycles. The first-order valence-electron chi connectivity index (χ1n) is 12.0. The van der Waals surface area contributed by atoms with Crippen LogP contribution in [0.15, 0.2) is 0 Å². The highest BCUT2D eigenvalue weighted by molar-refractivity contribution is 5.93. The van der Waals surface area contributed by atoms with Crippen LogP contribution < -0.4 is 0 Å². The van der Waals surface area contributed by atoms with Gasteiger partial charge in [0.25, 0.3) is 0 Å². The van der Waals surface area contributed by atoms with Crippen molar-refractivity contribution in [1.82, 2.24) is 0 Å². The maximum absolute atomic E-state index is 13.5. The molecule has 4 aliphatic carbocycles. The summed E-state index contributed by atoms with van der Waals surface area (Å²) in [5.41, 5.74) is -0.411. The Labute approximate surface area is 184 Å². The molecule has 0 aromatic carbocycles. The lowest BCUT2D eigenvalue weighted by atomic mass is 9.44. The number of carbonyl (C=O) groups excluding carboxylic acids is 3. The molecule has 4 aliphatic rings. The number of carboxylic acid groups (broad SMARTS) is 1. The molecular weight excluding hydrogens is 396 g/mol. The van der Waals surface area contributed by atoms with E-state index in [9.17, 15) is 19.2 Å². The summed E-state index contributed by atoms with van der Waals surface area (Å²) >= 11 is 0. The number of carboxylic acids is 1. The molecule has 0 aromatic heterocycles. The van der Waals surface area contributed by atoms with Crippen LogP contribution in [0.1, 0.15) is 85.0 Å². The van der Waals surface area contributed by atoms with Crippen LogP contribution in [0.4, 0.5) is 0 Å². The van der Waals surface area contributed by atoms with Gasteiger partial charge in [-0.05, 0) is 81.0 Å². The summed E-state index contributed by atoms with van der Waals surface area (Å²) in [7, 11) is 0. The van der Waals surface area contributed by atoms with Crippen molar-refractivity contribution in [2.75, 3.05) is 0 Å². The lowest BCUT2D eigenvalue weighted by Crippen LogP contribution is -2.57. The predicted molar refractivity (Wildman–Crippen MR) is 113 cm³/mol. The van der Waals surface area contributed by atoms with Crippen LogP contribution in [0, 0.1) is 40.4 Å². The van der Waals surface area contributed by atoms with E-state index in [1.54, 1.807) is 6.92 Å². The number of Topliss-reactive ketones (excluding diaryl/α,β-unsaturated/α-hetero) is 2. The summed E-state index contributed by atoms with van der Waals surface area (Å²) in [6.07, 6.45) is 6.68. The van der Waals surface area contributed by atoms with Crippen molar-refractivity contribution in [1.29, 1.82) is 0 Å². The number of ketones is 2. The second-order valence-electron chi connectivity index (χ2n) is 11.1. The minimum Gasteiger partial charge on any atom is -0.481 e. The number of fused-ring (bicyclic) bond motifs is 5. The van der Waals surface area contributed by atoms with Crippen LogP contribution in [0.2, 0.25) is 0 Å². The van der Waals surface area contributed by atoms with Crippen molar-refractivity contribution in [2.45, 2.75) is 91.1 Å². The second kappa shape index (κ2) is 8.00. The first kappa shape index (κ1) is 22.5. The van der Waals surface area contributed by atoms with Gasteiger partial charge in [-0.1, -0.05) is 13.8 Å². The Morgan fingerprint density at radius 3 is 2.45 bits per heavy atom. The number of rotatable bonds is 5.